The summed E-state index contributed by atoms with van der Waals surface area (Å²) in [5.74, 6) is -0.164. The van der Waals surface area contributed by atoms with E-state index in [0.29, 0.717) is 12.6 Å². The number of unbranched alkanes of at least 4 members (excludes halogenated alkanes) is 1. The second kappa shape index (κ2) is 7.80. The molecule has 0 aliphatic rings. The third-order valence-electron chi connectivity index (χ3n) is 1.95. The fourth-order valence-corrected chi connectivity index (χ4v) is 1.17. The third kappa shape index (κ3) is 8.05. The van der Waals surface area contributed by atoms with Crippen molar-refractivity contribution >= 4 is 5.97 Å². The maximum Gasteiger partial charge on any atom is 0.320 e. The predicted molar refractivity (Wildman–Crippen MR) is 58.2 cm³/mol. The van der Waals surface area contributed by atoms with Crippen LogP contribution in [0, 0.1) is 0 Å². The van der Waals surface area contributed by atoms with Crippen molar-refractivity contribution in [3.8, 4) is 0 Å². The van der Waals surface area contributed by atoms with Crippen molar-refractivity contribution in [3.63, 3.8) is 0 Å². The van der Waals surface area contributed by atoms with Crippen LogP contribution in [-0.2, 0) is 9.53 Å². The Bertz CT molecular complexity index is 157. The highest BCUT2D eigenvalue weighted by Crippen LogP contribution is 1.99. The van der Waals surface area contributed by atoms with Crippen LogP contribution in [-0.4, -0.2) is 24.7 Å². The molecule has 1 unspecified atom stereocenters. The van der Waals surface area contributed by atoms with Gasteiger partial charge in [0.2, 0.25) is 0 Å². The van der Waals surface area contributed by atoms with Gasteiger partial charge in [-0.05, 0) is 27.2 Å². The zero-order valence-corrected chi connectivity index (χ0v) is 9.80. The molecule has 0 aromatic carbocycles. The maximum absolute atomic E-state index is 11.1. The molecule has 1 N–H and O–H groups in total. The first kappa shape index (κ1) is 13.4. The van der Waals surface area contributed by atoms with Crippen LogP contribution < -0.4 is 5.32 Å². The number of ether oxygens (including phenoxy) is 1. The summed E-state index contributed by atoms with van der Waals surface area (Å²) in [6, 6.07) is 0.398. The molecule has 0 radical (unpaired) electrons. The van der Waals surface area contributed by atoms with Gasteiger partial charge in [-0.3, -0.25) is 4.79 Å². The Morgan fingerprint density at radius 2 is 2.00 bits per heavy atom. The van der Waals surface area contributed by atoms with Crippen LogP contribution in [0.2, 0.25) is 0 Å². The molecule has 0 spiro atoms. The van der Waals surface area contributed by atoms with Crippen LogP contribution in [0.5, 0.6) is 0 Å². The normalized spacial score (nSPS) is 12.9. The number of rotatable bonds is 7. The SMILES string of the molecule is CCCCC(C)NCC(=O)OC(C)C. The highest BCUT2D eigenvalue weighted by Gasteiger charge is 2.07. The number of carbonyl (C=O) groups excluding carboxylic acids is 1. The molecule has 0 rings (SSSR count). The van der Waals surface area contributed by atoms with Gasteiger partial charge in [-0.25, -0.2) is 0 Å². The Labute approximate surface area is 87.2 Å². The first-order valence-electron chi connectivity index (χ1n) is 5.49. The molecule has 0 heterocycles. The Morgan fingerprint density at radius 1 is 1.36 bits per heavy atom. The first-order chi connectivity index (χ1) is 6.56. The van der Waals surface area contributed by atoms with Gasteiger partial charge in [-0.15, -0.1) is 0 Å². The van der Waals surface area contributed by atoms with Crippen molar-refractivity contribution in [2.24, 2.45) is 0 Å². The molecule has 14 heavy (non-hydrogen) atoms. The van der Waals surface area contributed by atoms with E-state index in [1.165, 1.54) is 12.8 Å². The average Bonchev–Trinajstić information content (AvgIpc) is 2.10. The molecule has 0 aromatic heterocycles. The molecule has 0 aliphatic heterocycles. The zero-order chi connectivity index (χ0) is 11.0. The van der Waals surface area contributed by atoms with Crippen molar-refractivity contribution in [2.45, 2.75) is 59.1 Å². The summed E-state index contributed by atoms with van der Waals surface area (Å²) in [6.07, 6.45) is 3.50. The van der Waals surface area contributed by atoms with Crippen LogP contribution in [0.1, 0.15) is 47.0 Å². The molecule has 0 aliphatic carbocycles. The Morgan fingerprint density at radius 3 is 2.50 bits per heavy atom. The third-order valence-corrected chi connectivity index (χ3v) is 1.95. The van der Waals surface area contributed by atoms with Crippen LogP contribution in [0.25, 0.3) is 0 Å². The monoisotopic (exact) mass is 201 g/mol. The van der Waals surface area contributed by atoms with Crippen molar-refractivity contribution in [1.29, 1.82) is 0 Å². The van der Waals surface area contributed by atoms with Crippen molar-refractivity contribution in [2.75, 3.05) is 6.54 Å². The van der Waals surface area contributed by atoms with E-state index >= 15 is 0 Å². The summed E-state index contributed by atoms with van der Waals surface area (Å²) in [5, 5.41) is 3.15. The first-order valence-corrected chi connectivity index (χ1v) is 5.49. The lowest BCUT2D eigenvalue weighted by atomic mass is 10.1. The second-order valence-corrected chi connectivity index (χ2v) is 3.96. The Hall–Kier alpha value is -0.570. The summed E-state index contributed by atoms with van der Waals surface area (Å²) in [4.78, 5) is 11.1. The molecule has 0 fully saturated rings. The summed E-state index contributed by atoms with van der Waals surface area (Å²) < 4.78 is 5.00. The maximum atomic E-state index is 11.1. The molecular weight excluding hydrogens is 178 g/mol. The average molecular weight is 201 g/mol. The van der Waals surface area contributed by atoms with E-state index in [2.05, 4.69) is 19.2 Å². The van der Waals surface area contributed by atoms with Crippen LogP contribution in [0.3, 0.4) is 0 Å². The molecular formula is C11H23NO2. The predicted octanol–water partition coefficient (Wildman–Crippen LogP) is 2.11. The van der Waals surface area contributed by atoms with E-state index in [1.54, 1.807) is 0 Å². The number of hydrogen-bond donors (Lipinski definition) is 1. The van der Waals surface area contributed by atoms with E-state index < -0.39 is 0 Å². The van der Waals surface area contributed by atoms with Crippen molar-refractivity contribution in [3.05, 3.63) is 0 Å². The van der Waals surface area contributed by atoms with Crippen molar-refractivity contribution in [1.82, 2.24) is 5.32 Å². The molecule has 0 amide bonds. The minimum absolute atomic E-state index is 0.0183. The van der Waals surface area contributed by atoms with Crippen molar-refractivity contribution < 1.29 is 9.53 Å². The zero-order valence-electron chi connectivity index (χ0n) is 9.80. The lowest BCUT2D eigenvalue weighted by Crippen LogP contribution is -2.33. The summed E-state index contributed by atoms with van der Waals surface area (Å²) in [6.45, 7) is 8.30. The van der Waals surface area contributed by atoms with E-state index in [4.69, 9.17) is 4.74 Å². The van der Waals surface area contributed by atoms with Crippen LogP contribution >= 0.6 is 0 Å². The molecule has 3 nitrogen and oxygen atoms in total. The van der Waals surface area contributed by atoms with E-state index in [9.17, 15) is 4.79 Å². The molecule has 1 atom stereocenters. The van der Waals surface area contributed by atoms with Gasteiger partial charge in [-0.1, -0.05) is 19.8 Å². The number of hydrogen-bond acceptors (Lipinski definition) is 3. The summed E-state index contributed by atoms with van der Waals surface area (Å²) >= 11 is 0. The minimum Gasteiger partial charge on any atom is -0.462 e. The standard InChI is InChI=1S/C11H23NO2/c1-5-6-7-10(4)12-8-11(13)14-9(2)3/h9-10,12H,5-8H2,1-4H3. The molecule has 0 saturated carbocycles. The highest BCUT2D eigenvalue weighted by atomic mass is 16.5. The lowest BCUT2D eigenvalue weighted by Gasteiger charge is -2.13. The number of nitrogens with one attached hydrogen (secondary N) is 1. The van der Waals surface area contributed by atoms with E-state index in [1.807, 2.05) is 13.8 Å². The molecule has 0 saturated heterocycles. The highest BCUT2D eigenvalue weighted by molar-refractivity contribution is 5.71. The summed E-state index contributed by atoms with van der Waals surface area (Å²) in [7, 11) is 0. The van der Waals surface area contributed by atoms with Gasteiger partial charge in [0.25, 0.3) is 0 Å². The number of esters is 1. The molecule has 3 heteroatoms. The Balaban J connectivity index is 3.45. The second-order valence-electron chi connectivity index (χ2n) is 3.96. The van der Waals surface area contributed by atoms with Gasteiger partial charge in [0.1, 0.15) is 0 Å². The van der Waals surface area contributed by atoms with Gasteiger partial charge in [0, 0.05) is 6.04 Å². The molecule has 0 bridgehead atoms. The minimum atomic E-state index is -0.164. The summed E-state index contributed by atoms with van der Waals surface area (Å²) in [5.41, 5.74) is 0. The van der Waals surface area contributed by atoms with Gasteiger partial charge in [-0.2, -0.15) is 0 Å². The van der Waals surface area contributed by atoms with E-state index in [-0.39, 0.29) is 12.1 Å². The smallest absolute Gasteiger partial charge is 0.320 e. The van der Waals surface area contributed by atoms with Crippen LogP contribution in [0.4, 0.5) is 0 Å². The molecule has 84 valence electrons. The van der Waals surface area contributed by atoms with Gasteiger partial charge in [0.05, 0.1) is 12.6 Å². The van der Waals surface area contributed by atoms with Gasteiger partial charge in [0.15, 0.2) is 0 Å². The fraction of sp³-hybridized carbons (Fsp3) is 0.909. The lowest BCUT2D eigenvalue weighted by molar-refractivity contribution is -0.146. The fourth-order valence-electron chi connectivity index (χ4n) is 1.17. The quantitative estimate of drug-likeness (QED) is 0.641. The number of carbonyl (C=O) groups is 1. The van der Waals surface area contributed by atoms with Crippen LogP contribution in [0.15, 0.2) is 0 Å². The Kier molecular flexibility index (Phi) is 7.48. The largest absolute Gasteiger partial charge is 0.462 e. The van der Waals surface area contributed by atoms with E-state index in [0.717, 1.165) is 6.42 Å². The molecule has 0 aromatic rings. The van der Waals surface area contributed by atoms with Gasteiger partial charge < -0.3 is 10.1 Å². The topological polar surface area (TPSA) is 38.3 Å². The van der Waals surface area contributed by atoms with Gasteiger partial charge >= 0.3 is 5.97 Å².